The lowest BCUT2D eigenvalue weighted by Gasteiger charge is -2.22. The Morgan fingerprint density at radius 1 is 1.50 bits per heavy atom. The fourth-order valence-corrected chi connectivity index (χ4v) is 3.24. The molecule has 1 aromatic carbocycles. The summed E-state index contributed by atoms with van der Waals surface area (Å²) < 4.78 is 18.9. The summed E-state index contributed by atoms with van der Waals surface area (Å²) in [5.41, 5.74) is 1.23. The number of fused-ring (bicyclic) bond motifs is 1. The summed E-state index contributed by atoms with van der Waals surface area (Å²) in [4.78, 5) is 14.7. The molecule has 5 heteroatoms. The molecule has 1 aliphatic rings. The first kappa shape index (κ1) is 15.0. The second-order valence-corrected chi connectivity index (χ2v) is 5.83. The molecule has 0 aliphatic carbocycles. The number of likely N-dealkylation sites (N-methyl/N-ethyl adjacent to an activating group) is 1. The van der Waals surface area contributed by atoms with E-state index in [0.717, 1.165) is 19.5 Å². The van der Waals surface area contributed by atoms with Crippen LogP contribution in [0.4, 0.5) is 4.39 Å². The number of nitrogens with one attached hydrogen (secondary N) is 1. The predicted octanol–water partition coefficient (Wildman–Crippen LogP) is 3.09. The average molecular weight is 304 g/mol. The third-order valence-electron chi connectivity index (χ3n) is 4.51. The molecule has 0 saturated carbocycles. The van der Waals surface area contributed by atoms with E-state index in [2.05, 4.69) is 17.1 Å². The molecule has 1 amide bonds. The number of amides is 1. The number of benzene rings is 1. The lowest BCUT2D eigenvalue weighted by Crippen LogP contribution is -2.40. The topological polar surface area (TPSA) is 45.5 Å². The van der Waals surface area contributed by atoms with Crippen molar-refractivity contribution in [2.45, 2.75) is 32.7 Å². The molecule has 0 unspecified atom stereocenters. The Kier molecular flexibility index (Phi) is 4.16. The van der Waals surface area contributed by atoms with Gasteiger partial charge in [0.05, 0.1) is 0 Å². The fourth-order valence-electron chi connectivity index (χ4n) is 3.24. The van der Waals surface area contributed by atoms with Crippen LogP contribution in [0.1, 0.15) is 35.9 Å². The number of hydrogen-bond acceptors (Lipinski definition) is 3. The number of hydrogen-bond donors (Lipinski definition) is 1. The maximum Gasteiger partial charge on any atom is 0.287 e. The summed E-state index contributed by atoms with van der Waals surface area (Å²) >= 11 is 0. The molecule has 0 spiro atoms. The minimum absolute atomic E-state index is 0.225. The van der Waals surface area contributed by atoms with Gasteiger partial charge in [0.25, 0.3) is 5.91 Å². The molecule has 118 valence electrons. The van der Waals surface area contributed by atoms with Crippen LogP contribution < -0.4 is 5.32 Å². The van der Waals surface area contributed by atoms with Gasteiger partial charge in [0.2, 0.25) is 0 Å². The highest BCUT2D eigenvalue weighted by atomic mass is 19.1. The van der Waals surface area contributed by atoms with Crippen molar-refractivity contribution in [2.75, 3.05) is 19.6 Å². The Balaban J connectivity index is 1.74. The number of furan rings is 1. The molecule has 1 fully saturated rings. The summed E-state index contributed by atoms with van der Waals surface area (Å²) in [5.74, 6) is -0.272. The summed E-state index contributed by atoms with van der Waals surface area (Å²) in [6.07, 6.45) is 2.29. The van der Waals surface area contributed by atoms with Gasteiger partial charge in [0, 0.05) is 23.5 Å². The van der Waals surface area contributed by atoms with Crippen LogP contribution in [0.25, 0.3) is 11.0 Å². The van der Waals surface area contributed by atoms with E-state index in [1.54, 1.807) is 13.0 Å². The van der Waals surface area contributed by atoms with Crippen molar-refractivity contribution in [1.29, 1.82) is 0 Å². The zero-order chi connectivity index (χ0) is 15.7. The number of carbonyl (C=O) groups is 1. The quantitative estimate of drug-likeness (QED) is 0.944. The van der Waals surface area contributed by atoms with Crippen LogP contribution in [0.5, 0.6) is 0 Å². The highest BCUT2D eigenvalue weighted by molar-refractivity contribution is 5.98. The molecule has 1 saturated heterocycles. The normalized spacial score (nSPS) is 19.0. The molecule has 1 aliphatic heterocycles. The minimum Gasteiger partial charge on any atom is -0.451 e. The Labute approximate surface area is 129 Å². The maximum absolute atomic E-state index is 13.3. The van der Waals surface area contributed by atoms with Crippen molar-refractivity contribution in [1.82, 2.24) is 10.2 Å². The molecule has 0 bridgehead atoms. The number of halogens is 1. The Hall–Kier alpha value is -1.88. The van der Waals surface area contributed by atoms with Crippen LogP contribution in [0, 0.1) is 12.7 Å². The van der Waals surface area contributed by atoms with Gasteiger partial charge >= 0.3 is 0 Å². The van der Waals surface area contributed by atoms with Gasteiger partial charge in [-0.15, -0.1) is 0 Å². The van der Waals surface area contributed by atoms with E-state index in [-0.39, 0.29) is 17.5 Å². The molecule has 3 rings (SSSR count). The Bertz CT molecular complexity index is 695. The lowest BCUT2D eigenvalue weighted by atomic mass is 10.1. The fraction of sp³-hybridized carbons (Fsp3) is 0.471. The van der Waals surface area contributed by atoms with Gasteiger partial charge in [-0.2, -0.15) is 0 Å². The van der Waals surface area contributed by atoms with E-state index in [0.29, 0.717) is 29.1 Å². The molecule has 22 heavy (non-hydrogen) atoms. The molecule has 0 radical (unpaired) electrons. The molecular formula is C17H21FN2O2. The number of rotatable bonds is 4. The monoisotopic (exact) mass is 304 g/mol. The molecule has 1 atom stereocenters. The van der Waals surface area contributed by atoms with Crippen molar-refractivity contribution in [2.24, 2.45) is 0 Å². The van der Waals surface area contributed by atoms with Crippen LogP contribution in [-0.4, -0.2) is 36.5 Å². The number of aryl methyl sites for hydroxylation is 1. The van der Waals surface area contributed by atoms with Gasteiger partial charge in [-0.05, 0) is 51.1 Å². The van der Waals surface area contributed by atoms with Crippen molar-refractivity contribution in [3.8, 4) is 0 Å². The first-order chi connectivity index (χ1) is 10.6. The van der Waals surface area contributed by atoms with Gasteiger partial charge < -0.3 is 9.73 Å². The lowest BCUT2D eigenvalue weighted by molar-refractivity contribution is 0.0915. The summed E-state index contributed by atoms with van der Waals surface area (Å²) in [6.45, 7) is 6.65. The van der Waals surface area contributed by atoms with Crippen LogP contribution in [0.15, 0.2) is 22.6 Å². The molecule has 1 N–H and O–H groups in total. The van der Waals surface area contributed by atoms with Crippen LogP contribution in [0.2, 0.25) is 0 Å². The smallest absolute Gasteiger partial charge is 0.287 e. The van der Waals surface area contributed by atoms with Crippen LogP contribution >= 0.6 is 0 Å². The molecule has 4 nitrogen and oxygen atoms in total. The first-order valence-corrected chi connectivity index (χ1v) is 7.81. The third kappa shape index (κ3) is 2.73. The van der Waals surface area contributed by atoms with Gasteiger partial charge in [0.1, 0.15) is 11.4 Å². The van der Waals surface area contributed by atoms with E-state index in [1.807, 2.05) is 0 Å². The van der Waals surface area contributed by atoms with E-state index in [4.69, 9.17) is 4.42 Å². The van der Waals surface area contributed by atoms with Gasteiger partial charge in [-0.1, -0.05) is 6.92 Å². The van der Waals surface area contributed by atoms with E-state index < -0.39 is 0 Å². The Morgan fingerprint density at radius 3 is 3.09 bits per heavy atom. The maximum atomic E-state index is 13.3. The van der Waals surface area contributed by atoms with Crippen LogP contribution in [-0.2, 0) is 0 Å². The van der Waals surface area contributed by atoms with Gasteiger partial charge in [-0.3, -0.25) is 9.69 Å². The van der Waals surface area contributed by atoms with Crippen molar-refractivity contribution >= 4 is 16.9 Å². The summed E-state index contributed by atoms with van der Waals surface area (Å²) in [6, 6.07) is 4.70. The number of likely N-dealkylation sites (tertiary alicyclic amines) is 1. The predicted molar refractivity (Wildman–Crippen MR) is 83.5 cm³/mol. The second-order valence-electron chi connectivity index (χ2n) is 5.83. The highest BCUT2D eigenvalue weighted by Crippen LogP contribution is 2.26. The minimum atomic E-state index is -0.326. The summed E-state index contributed by atoms with van der Waals surface area (Å²) in [5, 5.41) is 3.61. The molecule has 2 heterocycles. The van der Waals surface area contributed by atoms with Gasteiger partial charge in [-0.25, -0.2) is 4.39 Å². The zero-order valence-electron chi connectivity index (χ0n) is 13.0. The third-order valence-corrected chi connectivity index (χ3v) is 4.51. The highest BCUT2D eigenvalue weighted by Gasteiger charge is 2.24. The standard InChI is InChI=1S/C17H21FN2O2/c1-3-20-8-4-5-13(20)10-19-17(21)16-11(2)14-9-12(18)6-7-15(14)22-16/h6-7,9,13H,3-5,8,10H2,1-2H3,(H,19,21)/t13-/m0/s1. The largest absolute Gasteiger partial charge is 0.451 e. The van der Waals surface area contributed by atoms with E-state index in [1.165, 1.54) is 18.6 Å². The van der Waals surface area contributed by atoms with Crippen molar-refractivity contribution in [3.05, 3.63) is 35.3 Å². The van der Waals surface area contributed by atoms with Gasteiger partial charge in [0.15, 0.2) is 5.76 Å². The molecule has 1 aromatic heterocycles. The first-order valence-electron chi connectivity index (χ1n) is 7.81. The molecule has 2 aromatic rings. The average Bonchev–Trinajstić information content (AvgIpc) is 3.10. The van der Waals surface area contributed by atoms with Crippen molar-refractivity contribution in [3.63, 3.8) is 0 Å². The van der Waals surface area contributed by atoms with Crippen LogP contribution in [0.3, 0.4) is 0 Å². The Morgan fingerprint density at radius 2 is 2.32 bits per heavy atom. The van der Waals surface area contributed by atoms with E-state index >= 15 is 0 Å². The van der Waals surface area contributed by atoms with E-state index in [9.17, 15) is 9.18 Å². The van der Waals surface area contributed by atoms with Crippen molar-refractivity contribution < 1.29 is 13.6 Å². The second kappa shape index (κ2) is 6.08. The zero-order valence-corrected chi connectivity index (χ0v) is 13.0. The SMILES string of the molecule is CCN1CCC[C@H]1CNC(=O)c1oc2ccc(F)cc2c1C. The number of nitrogens with zero attached hydrogens (tertiary/aromatic N) is 1. The summed E-state index contributed by atoms with van der Waals surface area (Å²) in [7, 11) is 0. The number of carbonyl (C=O) groups excluding carboxylic acids is 1. The molecular weight excluding hydrogens is 283 g/mol.